The van der Waals surface area contributed by atoms with Crippen LogP contribution in [0.2, 0.25) is 0 Å². The van der Waals surface area contributed by atoms with Crippen molar-refractivity contribution in [2.75, 3.05) is 31.7 Å². The molecule has 0 aromatic heterocycles. The standard InChI is InChI=1S/C15H22BrNO2/c1-11(18)14-6-5-13(8-15(14)16)17(2)9-12-4-3-7-19-10-12/h5-6,8,11-12,18H,3-4,7,9-10H2,1-2H3/t11-,12?/m0/s1. The SMILES string of the molecule is C[C@H](O)c1ccc(N(C)CC2CCCOC2)cc1Br. The number of halogens is 1. The Morgan fingerprint density at radius 1 is 1.53 bits per heavy atom. The first-order valence-corrected chi connectivity index (χ1v) is 7.63. The lowest BCUT2D eigenvalue weighted by molar-refractivity contribution is 0.0576. The Morgan fingerprint density at radius 3 is 2.89 bits per heavy atom. The van der Waals surface area contributed by atoms with Crippen molar-refractivity contribution in [2.24, 2.45) is 5.92 Å². The van der Waals surface area contributed by atoms with E-state index in [0.29, 0.717) is 5.92 Å². The molecule has 19 heavy (non-hydrogen) atoms. The van der Waals surface area contributed by atoms with Gasteiger partial charge in [-0.2, -0.15) is 0 Å². The lowest BCUT2D eigenvalue weighted by Crippen LogP contribution is -2.30. The molecular weight excluding hydrogens is 306 g/mol. The predicted octanol–water partition coefficient (Wildman–Crippen LogP) is 3.37. The second kappa shape index (κ2) is 6.73. The third-order valence-corrected chi connectivity index (χ3v) is 4.35. The van der Waals surface area contributed by atoms with E-state index in [0.717, 1.165) is 29.8 Å². The van der Waals surface area contributed by atoms with Crippen molar-refractivity contribution < 1.29 is 9.84 Å². The summed E-state index contributed by atoms with van der Waals surface area (Å²) in [5, 5.41) is 9.63. The van der Waals surface area contributed by atoms with Gasteiger partial charge in [-0.3, -0.25) is 0 Å². The number of aliphatic hydroxyl groups excluding tert-OH is 1. The highest BCUT2D eigenvalue weighted by Crippen LogP contribution is 2.28. The van der Waals surface area contributed by atoms with Crippen LogP contribution in [0.1, 0.15) is 31.4 Å². The van der Waals surface area contributed by atoms with Crippen LogP contribution in [0.25, 0.3) is 0 Å². The zero-order valence-electron chi connectivity index (χ0n) is 11.6. The van der Waals surface area contributed by atoms with Gasteiger partial charge in [0, 0.05) is 30.4 Å². The summed E-state index contributed by atoms with van der Waals surface area (Å²) in [4.78, 5) is 2.26. The molecule has 4 heteroatoms. The lowest BCUT2D eigenvalue weighted by atomic mass is 10.0. The van der Waals surface area contributed by atoms with Crippen LogP contribution in [0.4, 0.5) is 5.69 Å². The number of nitrogens with zero attached hydrogens (tertiary/aromatic N) is 1. The van der Waals surface area contributed by atoms with Crippen LogP contribution in [-0.2, 0) is 4.74 Å². The van der Waals surface area contributed by atoms with E-state index in [9.17, 15) is 5.11 Å². The highest BCUT2D eigenvalue weighted by molar-refractivity contribution is 9.10. The summed E-state index contributed by atoms with van der Waals surface area (Å²) in [5.74, 6) is 0.619. The fraction of sp³-hybridized carbons (Fsp3) is 0.600. The molecule has 3 nitrogen and oxygen atoms in total. The summed E-state index contributed by atoms with van der Waals surface area (Å²) < 4.78 is 6.49. The molecule has 0 amide bonds. The molecule has 106 valence electrons. The summed E-state index contributed by atoms with van der Waals surface area (Å²) in [6.45, 7) is 4.58. The first-order chi connectivity index (χ1) is 9.08. The van der Waals surface area contributed by atoms with Gasteiger partial charge in [-0.05, 0) is 43.4 Å². The molecule has 0 radical (unpaired) electrons. The average Bonchev–Trinajstić information content (AvgIpc) is 2.39. The van der Waals surface area contributed by atoms with E-state index in [-0.39, 0.29) is 0 Å². The van der Waals surface area contributed by atoms with E-state index >= 15 is 0 Å². The highest BCUT2D eigenvalue weighted by Gasteiger charge is 2.17. The molecule has 1 fully saturated rings. The fourth-order valence-corrected chi connectivity index (χ4v) is 3.23. The van der Waals surface area contributed by atoms with Crippen molar-refractivity contribution in [1.29, 1.82) is 0 Å². The second-order valence-electron chi connectivity index (χ2n) is 5.35. The minimum absolute atomic E-state index is 0.444. The van der Waals surface area contributed by atoms with Gasteiger partial charge in [0.1, 0.15) is 0 Å². The van der Waals surface area contributed by atoms with Crippen molar-refractivity contribution in [1.82, 2.24) is 0 Å². The average molecular weight is 328 g/mol. The number of anilines is 1. The molecule has 2 atom stereocenters. The van der Waals surface area contributed by atoms with Crippen LogP contribution in [-0.4, -0.2) is 31.9 Å². The Morgan fingerprint density at radius 2 is 2.32 bits per heavy atom. The van der Waals surface area contributed by atoms with Crippen LogP contribution in [0.3, 0.4) is 0 Å². The van der Waals surface area contributed by atoms with E-state index in [1.54, 1.807) is 6.92 Å². The minimum atomic E-state index is -0.444. The summed E-state index contributed by atoms with van der Waals surface area (Å²) >= 11 is 3.53. The molecule has 1 aliphatic heterocycles. The number of hydrogen-bond donors (Lipinski definition) is 1. The number of rotatable bonds is 4. The van der Waals surface area contributed by atoms with Gasteiger partial charge in [-0.25, -0.2) is 0 Å². The van der Waals surface area contributed by atoms with Crippen LogP contribution in [0, 0.1) is 5.92 Å². The molecule has 1 heterocycles. The van der Waals surface area contributed by atoms with Crippen molar-refractivity contribution in [3.8, 4) is 0 Å². The van der Waals surface area contributed by atoms with E-state index in [1.165, 1.54) is 18.5 Å². The molecule has 1 N–H and O–H groups in total. The second-order valence-corrected chi connectivity index (χ2v) is 6.20. The first kappa shape index (κ1) is 14.8. The molecule has 2 rings (SSSR count). The Labute approximate surface area is 123 Å². The number of benzene rings is 1. The molecule has 0 saturated carbocycles. The van der Waals surface area contributed by atoms with E-state index in [4.69, 9.17) is 4.74 Å². The van der Waals surface area contributed by atoms with Gasteiger partial charge in [0.15, 0.2) is 0 Å². The van der Waals surface area contributed by atoms with Crippen molar-refractivity contribution >= 4 is 21.6 Å². The van der Waals surface area contributed by atoms with Crippen molar-refractivity contribution in [2.45, 2.75) is 25.9 Å². The third kappa shape index (κ3) is 3.94. The molecule has 1 aliphatic rings. The van der Waals surface area contributed by atoms with Crippen LogP contribution < -0.4 is 4.90 Å². The van der Waals surface area contributed by atoms with Crippen LogP contribution in [0.15, 0.2) is 22.7 Å². The topological polar surface area (TPSA) is 32.7 Å². The zero-order valence-corrected chi connectivity index (χ0v) is 13.2. The smallest absolute Gasteiger partial charge is 0.0772 e. The van der Waals surface area contributed by atoms with Gasteiger partial charge in [0.2, 0.25) is 0 Å². The van der Waals surface area contributed by atoms with Gasteiger partial charge in [0.25, 0.3) is 0 Å². The maximum atomic E-state index is 9.63. The predicted molar refractivity (Wildman–Crippen MR) is 81.6 cm³/mol. The summed E-state index contributed by atoms with van der Waals surface area (Å²) in [6, 6.07) is 6.13. The molecule has 1 saturated heterocycles. The van der Waals surface area contributed by atoms with E-state index in [1.807, 2.05) is 6.07 Å². The molecule has 1 unspecified atom stereocenters. The third-order valence-electron chi connectivity index (χ3n) is 3.66. The van der Waals surface area contributed by atoms with Gasteiger partial charge < -0.3 is 14.7 Å². The van der Waals surface area contributed by atoms with Crippen LogP contribution in [0.5, 0.6) is 0 Å². The normalized spacial score (nSPS) is 21.2. The Hall–Kier alpha value is -0.580. The largest absolute Gasteiger partial charge is 0.389 e. The Kier molecular flexibility index (Phi) is 5.25. The zero-order chi connectivity index (χ0) is 13.8. The maximum Gasteiger partial charge on any atom is 0.0772 e. The Bertz CT molecular complexity index is 417. The molecule has 0 aliphatic carbocycles. The first-order valence-electron chi connectivity index (χ1n) is 6.84. The highest BCUT2D eigenvalue weighted by atomic mass is 79.9. The molecular formula is C15H22BrNO2. The fourth-order valence-electron chi connectivity index (χ4n) is 2.54. The minimum Gasteiger partial charge on any atom is -0.389 e. The Balaban J connectivity index is 2.02. The maximum absolute atomic E-state index is 9.63. The molecule has 0 bridgehead atoms. The monoisotopic (exact) mass is 327 g/mol. The van der Waals surface area contributed by atoms with Crippen molar-refractivity contribution in [3.05, 3.63) is 28.2 Å². The van der Waals surface area contributed by atoms with Crippen LogP contribution >= 0.6 is 15.9 Å². The van der Waals surface area contributed by atoms with Crippen molar-refractivity contribution in [3.63, 3.8) is 0 Å². The summed E-state index contributed by atoms with van der Waals surface area (Å²) in [7, 11) is 2.11. The molecule has 0 spiro atoms. The van der Waals surface area contributed by atoms with Gasteiger partial charge in [-0.1, -0.05) is 22.0 Å². The summed E-state index contributed by atoms with van der Waals surface area (Å²) in [6.07, 6.45) is 1.97. The van der Waals surface area contributed by atoms with Gasteiger partial charge in [-0.15, -0.1) is 0 Å². The quantitative estimate of drug-likeness (QED) is 0.920. The lowest BCUT2D eigenvalue weighted by Gasteiger charge is -2.28. The molecule has 1 aromatic carbocycles. The van der Waals surface area contributed by atoms with Gasteiger partial charge >= 0.3 is 0 Å². The molecule has 1 aromatic rings. The van der Waals surface area contributed by atoms with E-state index in [2.05, 4.69) is 40.0 Å². The number of aliphatic hydroxyl groups is 1. The summed E-state index contributed by atoms with van der Waals surface area (Å²) in [5.41, 5.74) is 2.10. The number of ether oxygens (including phenoxy) is 1. The number of hydrogen-bond acceptors (Lipinski definition) is 3. The van der Waals surface area contributed by atoms with E-state index < -0.39 is 6.10 Å². The van der Waals surface area contributed by atoms with Gasteiger partial charge in [0.05, 0.1) is 12.7 Å².